The molecule has 0 amide bonds. The lowest BCUT2D eigenvalue weighted by molar-refractivity contribution is 0.416. The van der Waals surface area contributed by atoms with Crippen molar-refractivity contribution in [3.8, 4) is 0 Å². The summed E-state index contributed by atoms with van der Waals surface area (Å²) < 4.78 is 13.4. The maximum absolute atomic E-state index is 13.4. The van der Waals surface area contributed by atoms with Gasteiger partial charge in [-0.25, -0.2) is 4.39 Å². The molecule has 0 unspecified atom stereocenters. The number of hydrogen-bond donors (Lipinski definition) is 1. The third-order valence-electron chi connectivity index (χ3n) is 3.13. The van der Waals surface area contributed by atoms with Gasteiger partial charge < -0.3 is 10.2 Å². The van der Waals surface area contributed by atoms with Crippen molar-refractivity contribution in [1.29, 1.82) is 0 Å². The monoisotopic (exact) mass is 290 g/mol. The van der Waals surface area contributed by atoms with Gasteiger partial charge >= 0.3 is 0 Å². The van der Waals surface area contributed by atoms with Gasteiger partial charge in [0.1, 0.15) is 0 Å². The van der Waals surface area contributed by atoms with Gasteiger partial charge in [0.05, 0.1) is 10.0 Å². The van der Waals surface area contributed by atoms with Crippen LogP contribution in [0.1, 0.15) is 20.3 Å². The maximum Gasteiger partial charge on any atom is 0.160 e. The summed E-state index contributed by atoms with van der Waals surface area (Å²) >= 11 is 11.7. The fraction of sp³-hybridized carbons (Fsp3) is 0.538. The van der Waals surface area contributed by atoms with E-state index in [4.69, 9.17) is 23.2 Å². The highest BCUT2D eigenvalue weighted by Crippen LogP contribution is 2.30. The van der Waals surface area contributed by atoms with Crippen molar-refractivity contribution >= 4 is 28.9 Å². The van der Waals surface area contributed by atoms with E-state index in [-0.39, 0.29) is 15.6 Å². The van der Waals surface area contributed by atoms with Crippen LogP contribution in [-0.4, -0.2) is 25.2 Å². The molecule has 1 fully saturated rings. The number of hydrogen-bond acceptors (Lipinski definition) is 2. The van der Waals surface area contributed by atoms with Crippen molar-refractivity contribution in [2.75, 3.05) is 24.5 Å². The zero-order valence-electron chi connectivity index (χ0n) is 10.6. The molecular formula is C13H17Cl2FN2. The van der Waals surface area contributed by atoms with E-state index in [0.29, 0.717) is 0 Å². The molecule has 1 aliphatic rings. The molecule has 1 N–H and O–H groups in total. The second kappa shape index (κ2) is 5.24. The highest BCUT2D eigenvalue weighted by Gasteiger charge is 2.25. The summed E-state index contributed by atoms with van der Waals surface area (Å²) in [6, 6.07) is 3.29. The van der Waals surface area contributed by atoms with Gasteiger partial charge in [-0.3, -0.25) is 0 Å². The minimum Gasteiger partial charge on any atom is -0.370 e. The topological polar surface area (TPSA) is 15.3 Å². The first-order valence-electron chi connectivity index (χ1n) is 6.03. The molecule has 0 aliphatic carbocycles. The molecule has 0 spiro atoms. The molecule has 0 radical (unpaired) electrons. The Kier molecular flexibility index (Phi) is 4.05. The first-order valence-corrected chi connectivity index (χ1v) is 6.79. The molecule has 100 valence electrons. The van der Waals surface area contributed by atoms with Crippen molar-refractivity contribution in [2.45, 2.75) is 25.8 Å². The fourth-order valence-corrected chi connectivity index (χ4v) is 2.73. The van der Waals surface area contributed by atoms with Gasteiger partial charge in [0.2, 0.25) is 0 Å². The summed E-state index contributed by atoms with van der Waals surface area (Å²) in [6.07, 6.45) is 1.04. The Hall–Kier alpha value is -0.510. The summed E-state index contributed by atoms with van der Waals surface area (Å²) in [6.45, 7) is 7.03. The van der Waals surface area contributed by atoms with E-state index in [2.05, 4.69) is 24.1 Å². The minimum atomic E-state index is -0.547. The Morgan fingerprint density at radius 1 is 1.28 bits per heavy atom. The molecule has 1 heterocycles. The van der Waals surface area contributed by atoms with Crippen LogP contribution in [0.25, 0.3) is 0 Å². The van der Waals surface area contributed by atoms with Crippen LogP contribution in [0.5, 0.6) is 0 Å². The minimum absolute atomic E-state index is 0.0177. The summed E-state index contributed by atoms with van der Waals surface area (Å²) in [7, 11) is 0. The van der Waals surface area contributed by atoms with Crippen LogP contribution in [0.2, 0.25) is 10.0 Å². The normalized spacial score (nSPS) is 19.7. The molecule has 0 bridgehead atoms. The van der Waals surface area contributed by atoms with E-state index in [1.807, 2.05) is 0 Å². The average Bonchev–Trinajstić information content (AvgIpc) is 2.46. The van der Waals surface area contributed by atoms with Crippen molar-refractivity contribution in [3.05, 3.63) is 28.0 Å². The molecule has 2 rings (SSSR count). The van der Waals surface area contributed by atoms with Gasteiger partial charge in [-0.1, -0.05) is 23.2 Å². The van der Waals surface area contributed by atoms with Crippen LogP contribution >= 0.6 is 23.2 Å². The summed E-state index contributed by atoms with van der Waals surface area (Å²) in [4.78, 5) is 2.19. The highest BCUT2D eigenvalue weighted by molar-refractivity contribution is 6.35. The number of halogens is 3. The second-order valence-corrected chi connectivity index (χ2v) is 6.12. The van der Waals surface area contributed by atoms with Crippen LogP contribution in [0, 0.1) is 5.82 Å². The van der Waals surface area contributed by atoms with E-state index in [0.717, 1.165) is 31.7 Å². The molecule has 1 saturated heterocycles. The number of anilines is 1. The number of benzene rings is 1. The van der Waals surface area contributed by atoms with Crippen molar-refractivity contribution in [3.63, 3.8) is 0 Å². The van der Waals surface area contributed by atoms with Gasteiger partial charge in [-0.2, -0.15) is 0 Å². The molecule has 1 aromatic carbocycles. The highest BCUT2D eigenvalue weighted by atomic mass is 35.5. The molecule has 5 heteroatoms. The first kappa shape index (κ1) is 13.9. The van der Waals surface area contributed by atoms with Gasteiger partial charge in [0.15, 0.2) is 5.82 Å². The summed E-state index contributed by atoms with van der Waals surface area (Å²) in [5.74, 6) is -0.547. The van der Waals surface area contributed by atoms with E-state index in [1.54, 1.807) is 12.1 Å². The third kappa shape index (κ3) is 3.08. The van der Waals surface area contributed by atoms with Gasteiger partial charge in [-0.15, -0.1) is 0 Å². The zero-order valence-corrected chi connectivity index (χ0v) is 12.1. The average molecular weight is 291 g/mol. The number of nitrogens with one attached hydrogen (secondary N) is 1. The van der Waals surface area contributed by atoms with Gasteiger partial charge in [0.25, 0.3) is 0 Å². The Morgan fingerprint density at radius 3 is 2.50 bits per heavy atom. The molecule has 0 aromatic heterocycles. The number of nitrogens with zero attached hydrogens (tertiary/aromatic N) is 1. The van der Waals surface area contributed by atoms with Crippen LogP contribution in [-0.2, 0) is 0 Å². The van der Waals surface area contributed by atoms with Crippen LogP contribution in [0.15, 0.2) is 12.1 Å². The smallest absolute Gasteiger partial charge is 0.160 e. The molecule has 0 atom stereocenters. The van der Waals surface area contributed by atoms with E-state index >= 15 is 0 Å². The molecule has 2 nitrogen and oxygen atoms in total. The van der Waals surface area contributed by atoms with Crippen molar-refractivity contribution in [1.82, 2.24) is 5.32 Å². The fourth-order valence-electron chi connectivity index (χ4n) is 2.25. The molecule has 0 saturated carbocycles. The lowest BCUT2D eigenvalue weighted by Gasteiger charge is -2.31. The van der Waals surface area contributed by atoms with Crippen LogP contribution < -0.4 is 10.2 Å². The van der Waals surface area contributed by atoms with E-state index in [9.17, 15) is 4.39 Å². The Morgan fingerprint density at radius 2 is 1.89 bits per heavy atom. The lowest BCUT2D eigenvalue weighted by atomic mass is 10.1. The molecule has 1 aromatic rings. The number of rotatable bonds is 1. The van der Waals surface area contributed by atoms with Gasteiger partial charge in [-0.05, 0) is 38.9 Å². The molecular weight excluding hydrogens is 274 g/mol. The lowest BCUT2D eigenvalue weighted by Crippen LogP contribution is -2.46. The predicted molar refractivity (Wildman–Crippen MR) is 75.3 cm³/mol. The Bertz CT molecular complexity index is 426. The largest absolute Gasteiger partial charge is 0.370 e. The van der Waals surface area contributed by atoms with Crippen molar-refractivity contribution in [2.24, 2.45) is 0 Å². The Balaban J connectivity index is 2.30. The second-order valence-electron chi connectivity index (χ2n) is 5.31. The van der Waals surface area contributed by atoms with E-state index in [1.165, 1.54) is 0 Å². The standard InChI is InChI=1S/C13H17Cl2FN2/c1-13(2)8-18(5-3-4-17-13)9-6-10(14)12(16)11(15)7-9/h6-7,17H,3-5,8H2,1-2H3. The quantitative estimate of drug-likeness (QED) is 0.793. The van der Waals surface area contributed by atoms with Crippen LogP contribution in [0.3, 0.4) is 0 Å². The van der Waals surface area contributed by atoms with Crippen molar-refractivity contribution < 1.29 is 4.39 Å². The van der Waals surface area contributed by atoms with Crippen LogP contribution in [0.4, 0.5) is 10.1 Å². The molecule has 18 heavy (non-hydrogen) atoms. The van der Waals surface area contributed by atoms with Gasteiger partial charge in [0, 0.05) is 24.3 Å². The first-order chi connectivity index (χ1) is 8.39. The summed E-state index contributed by atoms with van der Waals surface area (Å²) in [5, 5.41) is 3.63. The maximum atomic E-state index is 13.4. The van der Waals surface area contributed by atoms with E-state index < -0.39 is 5.82 Å². The molecule has 1 aliphatic heterocycles. The zero-order chi connectivity index (χ0) is 13.3. The third-order valence-corrected chi connectivity index (χ3v) is 3.68. The Labute approximate surface area is 117 Å². The SMILES string of the molecule is CC1(C)CN(c2cc(Cl)c(F)c(Cl)c2)CCCN1. The summed E-state index contributed by atoms with van der Waals surface area (Å²) in [5.41, 5.74) is 0.896. The predicted octanol–water partition coefficient (Wildman–Crippen LogP) is 3.71.